The summed E-state index contributed by atoms with van der Waals surface area (Å²) >= 11 is 6.19. The Morgan fingerprint density at radius 3 is 2.79 bits per heavy atom. The number of rotatable bonds is 9. The number of amides is 1. The van der Waals surface area contributed by atoms with Crippen molar-refractivity contribution in [3.63, 3.8) is 0 Å². The molecule has 2 aromatic rings. The molecule has 0 spiro atoms. The van der Waals surface area contributed by atoms with Crippen LogP contribution in [0.25, 0.3) is 6.08 Å². The molecule has 0 bridgehead atoms. The maximum atomic E-state index is 12.0. The summed E-state index contributed by atoms with van der Waals surface area (Å²) in [6.45, 7) is 3.98. The SMILES string of the molecule is CCOc1c(Cl)cc(/C=C/C(=O)O[C@H](C)C(=O)NCc2ccco2)cc1OC. The van der Waals surface area contributed by atoms with Crippen molar-refractivity contribution < 1.29 is 28.2 Å². The van der Waals surface area contributed by atoms with E-state index >= 15 is 0 Å². The van der Waals surface area contributed by atoms with Crippen molar-refractivity contribution in [1.82, 2.24) is 5.32 Å². The molecule has 1 atom stereocenters. The fourth-order valence-electron chi connectivity index (χ4n) is 2.28. The zero-order valence-corrected chi connectivity index (χ0v) is 16.6. The lowest BCUT2D eigenvalue weighted by Crippen LogP contribution is -2.35. The van der Waals surface area contributed by atoms with E-state index in [1.165, 1.54) is 32.4 Å². The number of methoxy groups -OCH3 is 1. The van der Waals surface area contributed by atoms with Crippen LogP contribution in [0.5, 0.6) is 11.5 Å². The smallest absolute Gasteiger partial charge is 0.331 e. The molecule has 0 unspecified atom stereocenters. The van der Waals surface area contributed by atoms with Gasteiger partial charge in [0.2, 0.25) is 0 Å². The highest BCUT2D eigenvalue weighted by Crippen LogP contribution is 2.36. The molecular weight excluding hydrogens is 386 g/mol. The first kappa shape index (κ1) is 21.4. The molecule has 150 valence electrons. The topological polar surface area (TPSA) is 87.0 Å². The van der Waals surface area contributed by atoms with Gasteiger partial charge in [-0.1, -0.05) is 11.6 Å². The average molecular weight is 408 g/mol. The van der Waals surface area contributed by atoms with Crippen LogP contribution in [0.4, 0.5) is 0 Å². The number of carbonyl (C=O) groups is 2. The molecule has 1 N–H and O–H groups in total. The summed E-state index contributed by atoms with van der Waals surface area (Å²) in [6.07, 6.45) is 3.28. The number of halogens is 1. The zero-order chi connectivity index (χ0) is 20.5. The zero-order valence-electron chi connectivity index (χ0n) is 15.9. The van der Waals surface area contributed by atoms with Crippen molar-refractivity contribution >= 4 is 29.6 Å². The lowest BCUT2D eigenvalue weighted by atomic mass is 10.2. The van der Waals surface area contributed by atoms with E-state index in [4.69, 9.17) is 30.2 Å². The van der Waals surface area contributed by atoms with Crippen LogP contribution in [0.2, 0.25) is 5.02 Å². The standard InChI is InChI=1S/C20H22ClNO6/c1-4-26-19-16(21)10-14(11-17(19)25-3)7-8-18(23)28-13(2)20(24)22-12-15-6-5-9-27-15/h5-11,13H,4,12H2,1-3H3,(H,22,24)/b8-7+/t13-/m1/s1. The van der Waals surface area contributed by atoms with Gasteiger partial charge in [0.05, 0.1) is 31.5 Å². The monoisotopic (exact) mass is 407 g/mol. The fourth-order valence-corrected chi connectivity index (χ4v) is 2.56. The van der Waals surface area contributed by atoms with Crippen LogP contribution < -0.4 is 14.8 Å². The Labute approximate surface area is 168 Å². The predicted molar refractivity (Wildman–Crippen MR) is 104 cm³/mol. The molecule has 0 saturated carbocycles. The second kappa shape index (κ2) is 10.4. The van der Waals surface area contributed by atoms with Gasteiger partial charge in [0.25, 0.3) is 5.91 Å². The number of ether oxygens (including phenoxy) is 3. The van der Waals surface area contributed by atoms with Crippen LogP contribution in [0.3, 0.4) is 0 Å². The molecule has 0 saturated heterocycles. The second-order valence-corrected chi connectivity index (χ2v) is 6.08. The van der Waals surface area contributed by atoms with Gasteiger partial charge < -0.3 is 23.9 Å². The molecule has 8 heteroatoms. The van der Waals surface area contributed by atoms with E-state index in [1.54, 1.807) is 24.3 Å². The Balaban J connectivity index is 1.93. The van der Waals surface area contributed by atoms with Crippen LogP contribution in [-0.4, -0.2) is 31.7 Å². The van der Waals surface area contributed by atoms with Gasteiger partial charge in [-0.25, -0.2) is 4.79 Å². The molecule has 0 radical (unpaired) electrons. The third kappa shape index (κ3) is 6.06. The van der Waals surface area contributed by atoms with Gasteiger partial charge in [-0.2, -0.15) is 0 Å². The number of benzene rings is 1. The fraction of sp³-hybridized carbons (Fsp3) is 0.300. The summed E-state index contributed by atoms with van der Waals surface area (Å²) in [7, 11) is 1.50. The Hall–Kier alpha value is -2.93. The molecule has 7 nitrogen and oxygen atoms in total. The van der Waals surface area contributed by atoms with Gasteiger partial charge in [-0.3, -0.25) is 4.79 Å². The number of esters is 1. The number of hydrogen-bond donors (Lipinski definition) is 1. The Kier molecular flexibility index (Phi) is 7.95. The van der Waals surface area contributed by atoms with Crippen LogP contribution in [0.15, 0.2) is 41.0 Å². The molecule has 1 heterocycles. The first-order valence-electron chi connectivity index (χ1n) is 8.63. The van der Waals surface area contributed by atoms with Gasteiger partial charge in [0, 0.05) is 6.08 Å². The minimum absolute atomic E-state index is 0.216. The average Bonchev–Trinajstić information content (AvgIpc) is 3.19. The summed E-state index contributed by atoms with van der Waals surface area (Å²) in [6, 6.07) is 6.77. The maximum Gasteiger partial charge on any atom is 0.331 e. The number of nitrogens with one attached hydrogen (secondary N) is 1. The molecule has 0 aliphatic rings. The Bertz CT molecular complexity index is 831. The van der Waals surface area contributed by atoms with Crippen LogP contribution in [-0.2, 0) is 20.9 Å². The van der Waals surface area contributed by atoms with Crippen molar-refractivity contribution in [2.24, 2.45) is 0 Å². The van der Waals surface area contributed by atoms with Gasteiger partial charge in [-0.15, -0.1) is 0 Å². The highest BCUT2D eigenvalue weighted by molar-refractivity contribution is 6.32. The number of hydrogen-bond acceptors (Lipinski definition) is 6. The van der Waals surface area contributed by atoms with Crippen molar-refractivity contribution in [3.8, 4) is 11.5 Å². The summed E-state index contributed by atoms with van der Waals surface area (Å²) in [5, 5.41) is 2.98. The minimum Gasteiger partial charge on any atom is -0.493 e. The molecule has 1 aromatic carbocycles. The van der Waals surface area contributed by atoms with E-state index in [0.29, 0.717) is 34.5 Å². The summed E-state index contributed by atoms with van der Waals surface area (Å²) in [4.78, 5) is 23.9. The van der Waals surface area contributed by atoms with Crippen LogP contribution in [0, 0.1) is 0 Å². The number of carbonyl (C=O) groups excluding carboxylic acids is 2. The third-order valence-electron chi connectivity index (χ3n) is 3.63. The molecule has 2 rings (SSSR count). The lowest BCUT2D eigenvalue weighted by Gasteiger charge is -2.12. The van der Waals surface area contributed by atoms with Crippen molar-refractivity contribution in [2.45, 2.75) is 26.5 Å². The molecule has 0 aliphatic heterocycles. The second-order valence-electron chi connectivity index (χ2n) is 5.68. The van der Waals surface area contributed by atoms with Gasteiger partial charge >= 0.3 is 5.97 Å². The van der Waals surface area contributed by atoms with Gasteiger partial charge in [0.15, 0.2) is 17.6 Å². The van der Waals surface area contributed by atoms with Crippen molar-refractivity contribution in [3.05, 3.63) is 53.0 Å². The molecule has 1 aromatic heterocycles. The normalized spacial score (nSPS) is 11.9. The van der Waals surface area contributed by atoms with E-state index in [0.717, 1.165) is 0 Å². The first-order valence-corrected chi connectivity index (χ1v) is 9.01. The maximum absolute atomic E-state index is 12.0. The lowest BCUT2D eigenvalue weighted by molar-refractivity contribution is -0.150. The van der Waals surface area contributed by atoms with E-state index in [-0.39, 0.29) is 6.54 Å². The minimum atomic E-state index is -0.953. The first-order chi connectivity index (χ1) is 13.4. The van der Waals surface area contributed by atoms with E-state index in [1.807, 2.05) is 6.92 Å². The molecule has 28 heavy (non-hydrogen) atoms. The van der Waals surface area contributed by atoms with E-state index in [9.17, 15) is 9.59 Å². The third-order valence-corrected chi connectivity index (χ3v) is 3.91. The summed E-state index contributed by atoms with van der Waals surface area (Å²) in [5.41, 5.74) is 0.622. The molecular formula is C20H22ClNO6. The quantitative estimate of drug-likeness (QED) is 0.504. The summed E-state index contributed by atoms with van der Waals surface area (Å²) in [5.74, 6) is 0.405. The van der Waals surface area contributed by atoms with Crippen molar-refractivity contribution in [2.75, 3.05) is 13.7 Å². The highest BCUT2D eigenvalue weighted by atomic mass is 35.5. The van der Waals surface area contributed by atoms with E-state index < -0.39 is 18.0 Å². The number of furan rings is 1. The van der Waals surface area contributed by atoms with E-state index in [2.05, 4.69) is 5.32 Å². The molecule has 0 fully saturated rings. The molecule has 0 aliphatic carbocycles. The predicted octanol–water partition coefficient (Wildman–Crippen LogP) is 3.60. The van der Waals surface area contributed by atoms with Crippen LogP contribution >= 0.6 is 11.6 Å². The van der Waals surface area contributed by atoms with Gasteiger partial charge in [0.1, 0.15) is 5.76 Å². The summed E-state index contributed by atoms with van der Waals surface area (Å²) < 4.78 is 20.9. The molecule has 1 amide bonds. The highest BCUT2D eigenvalue weighted by Gasteiger charge is 2.17. The Morgan fingerprint density at radius 2 is 2.14 bits per heavy atom. The largest absolute Gasteiger partial charge is 0.493 e. The van der Waals surface area contributed by atoms with Crippen molar-refractivity contribution in [1.29, 1.82) is 0 Å². The Morgan fingerprint density at radius 1 is 1.36 bits per heavy atom. The van der Waals surface area contributed by atoms with Gasteiger partial charge in [-0.05, 0) is 49.8 Å². The van der Waals surface area contributed by atoms with Crippen LogP contribution in [0.1, 0.15) is 25.2 Å².